The molecule has 0 radical (unpaired) electrons. The Kier molecular flexibility index (Phi) is 6.04. The molecule has 2 heterocycles. The lowest BCUT2D eigenvalue weighted by Crippen LogP contribution is -2.34. The molecular formula is C25H23F2N3O2. The highest BCUT2D eigenvalue weighted by Crippen LogP contribution is 2.41. The van der Waals surface area contributed by atoms with Crippen LogP contribution in [0.1, 0.15) is 48.5 Å². The van der Waals surface area contributed by atoms with Crippen molar-refractivity contribution in [1.82, 2.24) is 14.5 Å². The zero-order valence-corrected chi connectivity index (χ0v) is 17.9. The van der Waals surface area contributed by atoms with Crippen LogP contribution in [-0.4, -0.2) is 20.5 Å². The number of aryl methyl sites for hydroxylation is 1. The van der Waals surface area contributed by atoms with Gasteiger partial charge in [-0.3, -0.25) is 4.79 Å². The molecule has 0 saturated heterocycles. The summed E-state index contributed by atoms with van der Waals surface area (Å²) < 4.78 is 33.2. The molecule has 3 aromatic rings. The van der Waals surface area contributed by atoms with Crippen molar-refractivity contribution in [2.75, 3.05) is 0 Å². The van der Waals surface area contributed by atoms with Gasteiger partial charge in [-0.05, 0) is 43.7 Å². The summed E-state index contributed by atoms with van der Waals surface area (Å²) >= 11 is 0. The molecule has 1 saturated carbocycles. The molecule has 164 valence electrons. The minimum atomic E-state index is -2.56. The maximum atomic E-state index is 12.9. The molecule has 4 rings (SSSR count). The molecule has 1 aromatic carbocycles. The van der Waals surface area contributed by atoms with Gasteiger partial charge < -0.3 is 9.30 Å². The van der Waals surface area contributed by atoms with E-state index in [0.717, 1.165) is 16.8 Å². The van der Waals surface area contributed by atoms with Gasteiger partial charge in [-0.15, -0.1) is 0 Å². The Morgan fingerprint density at radius 2 is 1.88 bits per heavy atom. The molecule has 1 aliphatic rings. The second-order valence-corrected chi connectivity index (χ2v) is 8.02. The lowest BCUT2D eigenvalue weighted by molar-refractivity contribution is -0.0936. The molecule has 1 fully saturated rings. The van der Waals surface area contributed by atoms with E-state index in [0.29, 0.717) is 11.6 Å². The SMILES string of the molecule is Cc1cc(OCc2ncccn2)cc(=O)n1[C@H](C)c1ccc(C#CC2CC(F)(F)C2)cc1. The number of ether oxygens (including phenoxy) is 1. The monoisotopic (exact) mass is 435 g/mol. The highest BCUT2D eigenvalue weighted by Gasteiger charge is 2.44. The van der Waals surface area contributed by atoms with Crippen molar-refractivity contribution >= 4 is 0 Å². The number of hydrogen-bond donors (Lipinski definition) is 0. The first-order valence-corrected chi connectivity index (χ1v) is 10.4. The fourth-order valence-corrected chi connectivity index (χ4v) is 3.76. The Morgan fingerprint density at radius 1 is 1.19 bits per heavy atom. The Labute approximate surface area is 185 Å². The summed E-state index contributed by atoms with van der Waals surface area (Å²) in [4.78, 5) is 21.0. The first-order chi connectivity index (χ1) is 15.3. The Hall–Kier alpha value is -3.53. The normalized spacial score (nSPS) is 15.9. The Bertz CT molecular complexity index is 1200. The molecule has 0 aliphatic heterocycles. The van der Waals surface area contributed by atoms with Crippen LogP contribution < -0.4 is 10.3 Å². The molecule has 0 amide bonds. The van der Waals surface area contributed by atoms with Gasteiger partial charge in [0.2, 0.25) is 0 Å². The van der Waals surface area contributed by atoms with Crippen molar-refractivity contribution in [3.8, 4) is 17.6 Å². The highest BCUT2D eigenvalue weighted by atomic mass is 19.3. The van der Waals surface area contributed by atoms with Crippen molar-refractivity contribution in [1.29, 1.82) is 0 Å². The topological polar surface area (TPSA) is 57.0 Å². The summed E-state index contributed by atoms with van der Waals surface area (Å²) in [6.45, 7) is 3.99. The van der Waals surface area contributed by atoms with Crippen molar-refractivity contribution in [3.63, 3.8) is 0 Å². The standard InChI is InChI=1S/C25H23F2N3O2/c1-17-12-22(32-16-23-28-10-3-11-29-23)13-24(31)30(17)18(2)21-8-6-19(7-9-21)4-5-20-14-25(26,27)15-20/h3,6-13,18,20H,14-16H2,1-2H3/t18-/m1/s1. The van der Waals surface area contributed by atoms with E-state index in [1.165, 1.54) is 6.07 Å². The summed E-state index contributed by atoms with van der Waals surface area (Å²) in [7, 11) is 0. The minimum Gasteiger partial charge on any atom is -0.485 e. The predicted octanol–water partition coefficient (Wildman–Crippen LogP) is 4.53. The molecule has 32 heavy (non-hydrogen) atoms. The number of benzene rings is 1. The maximum absolute atomic E-state index is 12.9. The van der Waals surface area contributed by atoms with Crippen LogP contribution in [0.2, 0.25) is 0 Å². The average molecular weight is 435 g/mol. The van der Waals surface area contributed by atoms with Crippen LogP contribution in [0.5, 0.6) is 5.75 Å². The molecule has 7 heteroatoms. The van der Waals surface area contributed by atoms with Crippen molar-refractivity contribution < 1.29 is 13.5 Å². The van der Waals surface area contributed by atoms with E-state index in [4.69, 9.17) is 4.74 Å². The summed E-state index contributed by atoms with van der Waals surface area (Å²) in [6, 6.07) is 12.3. The van der Waals surface area contributed by atoms with Gasteiger partial charge in [-0.25, -0.2) is 18.7 Å². The fraction of sp³-hybridized carbons (Fsp3) is 0.320. The van der Waals surface area contributed by atoms with Gasteiger partial charge in [0, 0.05) is 48.5 Å². The zero-order valence-electron chi connectivity index (χ0n) is 17.9. The molecule has 1 atom stereocenters. The highest BCUT2D eigenvalue weighted by molar-refractivity contribution is 5.38. The second kappa shape index (κ2) is 8.91. The van der Waals surface area contributed by atoms with Gasteiger partial charge in [-0.2, -0.15) is 0 Å². The van der Waals surface area contributed by atoms with Crippen LogP contribution in [-0.2, 0) is 6.61 Å². The van der Waals surface area contributed by atoms with Gasteiger partial charge in [0.25, 0.3) is 11.5 Å². The summed E-state index contributed by atoms with van der Waals surface area (Å²) in [6.07, 6.45) is 2.96. The number of halogens is 2. The lowest BCUT2D eigenvalue weighted by Gasteiger charge is -2.31. The van der Waals surface area contributed by atoms with Crippen LogP contribution in [0.3, 0.4) is 0 Å². The molecule has 2 aromatic heterocycles. The quantitative estimate of drug-likeness (QED) is 0.553. The number of rotatable bonds is 5. The van der Waals surface area contributed by atoms with Crippen molar-refractivity contribution in [3.05, 3.63) is 87.9 Å². The third-order valence-corrected chi connectivity index (χ3v) is 5.51. The number of alkyl halides is 2. The minimum absolute atomic E-state index is 0.157. The molecule has 1 aliphatic carbocycles. The lowest BCUT2D eigenvalue weighted by atomic mass is 9.82. The molecule has 0 N–H and O–H groups in total. The third kappa shape index (κ3) is 5.02. The fourth-order valence-electron chi connectivity index (χ4n) is 3.76. The largest absolute Gasteiger partial charge is 0.485 e. The van der Waals surface area contributed by atoms with E-state index < -0.39 is 5.92 Å². The maximum Gasteiger partial charge on any atom is 0.254 e. The third-order valence-electron chi connectivity index (χ3n) is 5.51. The zero-order chi connectivity index (χ0) is 22.7. The van der Waals surface area contributed by atoms with E-state index in [1.807, 2.05) is 44.2 Å². The second-order valence-electron chi connectivity index (χ2n) is 8.02. The van der Waals surface area contributed by atoms with Crippen LogP contribution in [0.15, 0.2) is 59.7 Å². The van der Waals surface area contributed by atoms with Crippen molar-refractivity contribution in [2.24, 2.45) is 5.92 Å². The summed E-state index contributed by atoms with van der Waals surface area (Å²) in [5.74, 6) is 4.10. The van der Waals surface area contributed by atoms with Gasteiger partial charge in [0.1, 0.15) is 12.4 Å². The van der Waals surface area contributed by atoms with Crippen LogP contribution in [0.25, 0.3) is 0 Å². The van der Waals surface area contributed by atoms with Gasteiger partial charge in [0.05, 0.1) is 6.04 Å². The molecular weight excluding hydrogens is 412 g/mol. The van der Waals surface area contributed by atoms with Gasteiger partial charge in [-0.1, -0.05) is 24.0 Å². The molecule has 0 spiro atoms. The number of pyridine rings is 1. The number of aromatic nitrogens is 3. The Balaban J connectivity index is 1.45. The van der Waals surface area contributed by atoms with E-state index in [2.05, 4.69) is 21.8 Å². The Morgan fingerprint density at radius 3 is 2.50 bits per heavy atom. The number of nitrogens with zero attached hydrogens (tertiary/aromatic N) is 3. The molecule has 0 unspecified atom stereocenters. The van der Waals surface area contributed by atoms with E-state index in [1.54, 1.807) is 23.0 Å². The smallest absolute Gasteiger partial charge is 0.254 e. The van der Waals surface area contributed by atoms with Gasteiger partial charge >= 0.3 is 0 Å². The van der Waals surface area contributed by atoms with Crippen LogP contribution in [0, 0.1) is 24.7 Å². The first-order valence-electron chi connectivity index (χ1n) is 10.4. The van der Waals surface area contributed by atoms with Crippen molar-refractivity contribution in [2.45, 2.75) is 45.3 Å². The van der Waals surface area contributed by atoms with Crippen LogP contribution in [0.4, 0.5) is 8.78 Å². The summed E-state index contributed by atoms with van der Waals surface area (Å²) in [5.41, 5.74) is 2.31. The van der Waals surface area contributed by atoms with E-state index in [9.17, 15) is 13.6 Å². The van der Waals surface area contributed by atoms with Crippen LogP contribution >= 0.6 is 0 Å². The van der Waals surface area contributed by atoms with E-state index >= 15 is 0 Å². The number of hydrogen-bond acceptors (Lipinski definition) is 4. The average Bonchev–Trinajstić information content (AvgIpc) is 2.75. The molecule has 5 nitrogen and oxygen atoms in total. The summed E-state index contributed by atoms with van der Waals surface area (Å²) in [5, 5.41) is 0. The predicted molar refractivity (Wildman–Crippen MR) is 117 cm³/mol. The molecule has 0 bridgehead atoms. The first kappa shape index (κ1) is 21.7. The van der Waals surface area contributed by atoms with Gasteiger partial charge in [0.15, 0.2) is 5.82 Å². The van der Waals surface area contributed by atoms with E-state index in [-0.39, 0.29) is 37.0 Å².